The average Bonchev–Trinajstić information content (AvgIpc) is 2.99. The average molecular weight is 266 g/mol. The van der Waals surface area contributed by atoms with Crippen LogP contribution in [0.4, 0.5) is 0 Å². The molecule has 0 amide bonds. The summed E-state index contributed by atoms with van der Waals surface area (Å²) in [5.74, 6) is 0. The summed E-state index contributed by atoms with van der Waals surface area (Å²) in [6.07, 6.45) is 5.71. The highest BCUT2D eigenvalue weighted by Gasteiger charge is 2.42. The van der Waals surface area contributed by atoms with Crippen molar-refractivity contribution in [1.82, 2.24) is 0 Å². The zero-order chi connectivity index (χ0) is 10.7. The zero-order valence-corrected chi connectivity index (χ0v) is 9.96. The molecule has 0 heterocycles. The van der Waals surface area contributed by atoms with Crippen molar-refractivity contribution in [3.05, 3.63) is 34.3 Å². The van der Waals surface area contributed by atoms with Crippen molar-refractivity contribution >= 4 is 22.0 Å². The molecule has 0 atom stereocenters. The topological polar surface area (TPSA) is 29.4 Å². The highest BCUT2D eigenvalue weighted by Crippen LogP contribution is 2.43. The Morgan fingerprint density at radius 1 is 1.33 bits per heavy atom. The van der Waals surface area contributed by atoms with Crippen molar-refractivity contribution in [2.24, 2.45) is 4.99 Å². The zero-order valence-electron chi connectivity index (χ0n) is 8.37. The van der Waals surface area contributed by atoms with Gasteiger partial charge < -0.3 is 0 Å². The monoisotopic (exact) mass is 265 g/mol. The fourth-order valence-corrected chi connectivity index (χ4v) is 1.95. The lowest BCUT2D eigenvalue weighted by Crippen LogP contribution is -2.05. The maximum Gasteiger partial charge on any atom is 0.235 e. The Bertz CT molecular complexity index is 389. The van der Waals surface area contributed by atoms with Gasteiger partial charge in [0, 0.05) is 4.47 Å². The third-order valence-electron chi connectivity index (χ3n) is 2.90. The summed E-state index contributed by atoms with van der Waals surface area (Å²) in [6, 6.07) is 8.28. The number of nitrogens with zero attached hydrogens (tertiary/aromatic N) is 1. The number of halogens is 1. The summed E-state index contributed by atoms with van der Waals surface area (Å²) >= 11 is 3.40. The molecule has 0 spiro atoms. The lowest BCUT2D eigenvalue weighted by Gasteiger charge is -2.06. The van der Waals surface area contributed by atoms with Gasteiger partial charge in [-0.15, -0.1) is 0 Å². The van der Waals surface area contributed by atoms with Gasteiger partial charge in [0.15, 0.2) is 0 Å². The first-order chi connectivity index (χ1) is 7.24. The Labute approximate surface area is 97.5 Å². The van der Waals surface area contributed by atoms with Crippen LogP contribution in [-0.2, 0) is 11.2 Å². The second kappa shape index (κ2) is 4.30. The van der Waals surface area contributed by atoms with E-state index in [0.29, 0.717) is 0 Å². The molecule has 1 aromatic rings. The van der Waals surface area contributed by atoms with Crippen LogP contribution in [0.25, 0.3) is 0 Å². The van der Waals surface area contributed by atoms with Gasteiger partial charge in [-0.25, -0.2) is 4.79 Å². The molecule has 1 saturated carbocycles. The lowest BCUT2D eigenvalue weighted by atomic mass is 10.0. The fraction of sp³-hybridized carbons (Fsp3) is 0.417. The molecule has 1 aromatic carbocycles. The predicted octanol–water partition coefficient (Wildman–Crippen LogP) is 3.25. The molecule has 0 aliphatic heterocycles. The predicted molar refractivity (Wildman–Crippen MR) is 62.5 cm³/mol. The van der Waals surface area contributed by atoms with Gasteiger partial charge in [-0.1, -0.05) is 28.1 Å². The van der Waals surface area contributed by atoms with E-state index in [1.807, 2.05) is 12.1 Å². The number of carbonyl (C=O) groups excluding carboxylic acids is 1. The van der Waals surface area contributed by atoms with E-state index in [9.17, 15) is 4.79 Å². The third kappa shape index (κ3) is 2.77. The van der Waals surface area contributed by atoms with Crippen LogP contribution < -0.4 is 0 Å². The van der Waals surface area contributed by atoms with Gasteiger partial charge in [0.1, 0.15) is 0 Å². The molecule has 0 saturated heterocycles. The molecule has 1 aliphatic carbocycles. The normalized spacial score (nSPS) is 16.9. The van der Waals surface area contributed by atoms with Crippen molar-refractivity contribution in [2.45, 2.75) is 31.2 Å². The van der Waals surface area contributed by atoms with Crippen LogP contribution in [0.1, 0.15) is 24.8 Å². The highest BCUT2D eigenvalue weighted by molar-refractivity contribution is 9.10. The summed E-state index contributed by atoms with van der Waals surface area (Å²) in [5, 5.41) is 0. The quantitative estimate of drug-likeness (QED) is 0.607. The number of hydrogen-bond acceptors (Lipinski definition) is 2. The summed E-state index contributed by atoms with van der Waals surface area (Å²) in [4.78, 5) is 14.1. The SMILES string of the molecule is O=C=NC1(CCc2ccc(Br)cc2)CC1. The molecule has 1 aliphatic rings. The smallest absolute Gasteiger partial charge is 0.211 e. The van der Waals surface area contributed by atoms with Crippen LogP contribution in [0.15, 0.2) is 33.7 Å². The van der Waals surface area contributed by atoms with Crippen LogP contribution in [0.3, 0.4) is 0 Å². The molecule has 78 valence electrons. The van der Waals surface area contributed by atoms with Gasteiger partial charge in [-0.2, -0.15) is 4.99 Å². The van der Waals surface area contributed by atoms with Gasteiger partial charge in [0.2, 0.25) is 6.08 Å². The van der Waals surface area contributed by atoms with Crippen LogP contribution in [0, 0.1) is 0 Å². The third-order valence-corrected chi connectivity index (χ3v) is 3.43. The standard InChI is InChI=1S/C12H12BrNO/c13-11-3-1-10(2-4-11)5-6-12(7-8-12)14-9-15/h1-4H,5-8H2. The number of isocyanates is 1. The van der Waals surface area contributed by atoms with Crippen molar-refractivity contribution in [3.8, 4) is 0 Å². The Hall–Kier alpha value is -0.920. The largest absolute Gasteiger partial charge is 0.235 e. The second-order valence-corrected chi connectivity index (χ2v) is 4.97. The van der Waals surface area contributed by atoms with E-state index in [1.54, 1.807) is 6.08 Å². The van der Waals surface area contributed by atoms with Gasteiger partial charge in [0.05, 0.1) is 5.54 Å². The summed E-state index contributed by atoms with van der Waals surface area (Å²) in [5.41, 5.74) is 1.24. The van der Waals surface area contributed by atoms with E-state index in [1.165, 1.54) is 5.56 Å². The summed E-state index contributed by atoms with van der Waals surface area (Å²) < 4.78 is 1.10. The van der Waals surface area contributed by atoms with Gasteiger partial charge >= 0.3 is 0 Å². The Morgan fingerprint density at radius 3 is 2.53 bits per heavy atom. The number of aryl methyl sites for hydroxylation is 1. The highest BCUT2D eigenvalue weighted by atomic mass is 79.9. The molecule has 15 heavy (non-hydrogen) atoms. The minimum Gasteiger partial charge on any atom is -0.211 e. The second-order valence-electron chi connectivity index (χ2n) is 4.05. The maximum absolute atomic E-state index is 10.2. The molecule has 3 heteroatoms. The van der Waals surface area contributed by atoms with Crippen molar-refractivity contribution in [3.63, 3.8) is 0 Å². The van der Waals surface area contributed by atoms with Crippen molar-refractivity contribution < 1.29 is 4.79 Å². The molecule has 0 aromatic heterocycles. The molecule has 0 bridgehead atoms. The molecular weight excluding hydrogens is 254 g/mol. The molecule has 0 radical (unpaired) electrons. The van der Waals surface area contributed by atoms with Gasteiger partial charge in [0.25, 0.3) is 0 Å². The lowest BCUT2D eigenvalue weighted by molar-refractivity contribution is 0.546. The first-order valence-electron chi connectivity index (χ1n) is 5.08. The minimum atomic E-state index is -0.0607. The van der Waals surface area contributed by atoms with E-state index in [-0.39, 0.29) is 5.54 Å². The Kier molecular flexibility index (Phi) is 3.03. The first-order valence-corrected chi connectivity index (χ1v) is 5.87. The van der Waals surface area contributed by atoms with Crippen LogP contribution >= 0.6 is 15.9 Å². The minimum absolute atomic E-state index is 0.0607. The van der Waals surface area contributed by atoms with E-state index >= 15 is 0 Å². The maximum atomic E-state index is 10.2. The van der Waals surface area contributed by atoms with E-state index in [0.717, 1.165) is 30.2 Å². The Balaban J connectivity index is 1.93. The number of rotatable bonds is 4. The summed E-state index contributed by atoms with van der Waals surface area (Å²) in [7, 11) is 0. The number of benzene rings is 1. The van der Waals surface area contributed by atoms with Gasteiger partial charge in [-0.3, -0.25) is 0 Å². The van der Waals surface area contributed by atoms with E-state index in [2.05, 4.69) is 33.1 Å². The van der Waals surface area contributed by atoms with Crippen molar-refractivity contribution in [1.29, 1.82) is 0 Å². The van der Waals surface area contributed by atoms with Crippen LogP contribution in [0.2, 0.25) is 0 Å². The molecule has 2 nitrogen and oxygen atoms in total. The Morgan fingerprint density at radius 2 is 2.00 bits per heavy atom. The van der Waals surface area contributed by atoms with E-state index in [4.69, 9.17) is 0 Å². The molecule has 1 fully saturated rings. The number of aliphatic imine (C=N–C) groups is 1. The fourth-order valence-electron chi connectivity index (χ4n) is 1.69. The van der Waals surface area contributed by atoms with Crippen LogP contribution in [-0.4, -0.2) is 11.6 Å². The molecule has 2 rings (SSSR count). The first kappa shape index (κ1) is 10.6. The van der Waals surface area contributed by atoms with E-state index < -0.39 is 0 Å². The van der Waals surface area contributed by atoms with Gasteiger partial charge in [-0.05, 0) is 43.4 Å². The molecule has 0 N–H and O–H groups in total. The number of hydrogen-bond donors (Lipinski definition) is 0. The molecule has 0 unspecified atom stereocenters. The van der Waals surface area contributed by atoms with Crippen molar-refractivity contribution in [2.75, 3.05) is 0 Å². The van der Waals surface area contributed by atoms with Crippen LogP contribution in [0.5, 0.6) is 0 Å². The molecular formula is C12H12BrNO. The summed E-state index contributed by atoms with van der Waals surface area (Å²) in [6.45, 7) is 0.